The van der Waals surface area contributed by atoms with Crippen LogP contribution >= 0.6 is 0 Å². The molecule has 0 saturated heterocycles. The Labute approximate surface area is 107 Å². The number of carbonyl (C=O) groups is 1. The van der Waals surface area contributed by atoms with E-state index < -0.39 is 0 Å². The van der Waals surface area contributed by atoms with Gasteiger partial charge in [-0.2, -0.15) is 0 Å². The molecule has 1 atom stereocenters. The Morgan fingerprint density at radius 2 is 1.83 bits per heavy atom. The second-order valence-corrected chi connectivity index (χ2v) is 5.02. The third kappa shape index (κ3) is 1.86. The first-order valence-corrected chi connectivity index (χ1v) is 6.44. The molecule has 0 spiro atoms. The van der Waals surface area contributed by atoms with E-state index in [0.29, 0.717) is 18.1 Å². The average molecular weight is 236 g/mol. The summed E-state index contributed by atoms with van der Waals surface area (Å²) in [5.41, 5.74) is 4.60. The van der Waals surface area contributed by atoms with Crippen molar-refractivity contribution in [2.24, 2.45) is 0 Å². The van der Waals surface area contributed by atoms with Gasteiger partial charge in [0.2, 0.25) is 0 Å². The van der Waals surface area contributed by atoms with Gasteiger partial charge in [0.05, 0.1) is 0 Å². The first kappa shape index (κ1) is 11.2. The first-order chi connectivity index (χ1) is 8.75. The van der Waals surface area contributed by atoms with Crippen LogP contribution in [0.1, 0.15) is 45.8 Å². The van der Waals surface area contributed by atoms with Crippen LogP contribution < -0.4 is 0 Å². The number of ketones is 1. The maximum atomic E-state index is 12.0. The second-order valence-electron chi connectivity index (χ2n) is 5.02. The fourth-order valence-electron chi connectivity index (χ4n) is 2.81. The highest BCUT2D eigenvalue weighted by molar-refractivity contribution is 5.99. The van der Waals surface area contributed by atoms with Gasteiger partial charge >= 0.3 is 0 Å². The maximum Gasteiger partial charge on any atom is 0.163 e. The molecule has 3 rings (SSSR count). The highest BCUT2D eigenvalue weighted by atomic mass is 16.1. The molecule has 2 aromatic carbocycles. The summed E-state index contributed by atoms with van der Waals surface area (Å²) in [6.07, 6.45) is 1.59. The highest BCUT2D eigenvalue weighted by Gasteiger charge is 2.26. The van der Waals surface area contributed by atoms with E-state index in [-0.39, 0.29) is 0 Å². The Balaban J connectivity index is 2.11. The number of rotatable bonds is 1. The van der Waals surface area contributed by atoms with Gasteiger partial charge in [0.1, 0.15) is 0 Å². The predicted molar refractivity (Wildman–Crippen MR) is 73.0 cm³/mol. The number of fused-ring (bicyclic) bond motifs is 1. The van der Waals surface area contributed by atoms with Crippen molar-refractivity contribution in [1.29, 1.82) is 0 Å². The number of hydrogen-bond donors (Lipinski definition) is 0. The van der Waals surface area contributed by atoms with Crippen LogP contribution in [0.25, 0.3) is 0 Å². The summed E-state index contributed by atoms with van der Waals surface area (Å²) in [5.74, 6) is 0.667. The van der Waals surface area contributed by atoms with E-state index in [0.717, 1.165) is 17.5 Å². The molecule has 90 valence electrons. The van der Waals surface area contributed by atoms with Crippen LogP contribution in [-0.2, 0) is 0 Å². The minimum atomic E-state index is 0.292. The van der Waals surface area contributed by atoms with Gasteiger partial charge < -0.3 is 0 Å². The second kappa shape index (κ2) is 4.41. The van der Waals surface area contributed by atoms with Crippen LogP contribution in [0, 0.1) is 6.92 Å². The lowest BCUT2D eigenvalue weighted by Crippen LogP contribution is -2.16. The van der Waals surface area contributed by atoms with Crippen LogP contribution in [-0.4, -0.2) is 5.78 Å². The molecule has 0 bridgehead atoms. The molecule has 18 heavy (non-hydrogen) atoms. The molecule has 0 radical (unpaired) electrons. The van der Waals surface area contributed by atoms with E-state index in [1.165, 1.54) is 11.1 Å². The quantitative estimate of drug-likeness (QED) is 0.728. The third-order valence-electron chi connectivity index (χ3n) is 3.75. The number of hydrogen-bond acceptors (Lipinski definition) is 1. The van der Waals surface area contributed by atoms with Crippen molar-refractivity contribution < 1.29 is 4.79 Å². The third-order valence-corrected chi connectivity index (χ3v) is 3.75. The molecule has 0 aliphatic heterocycles. The molecule has 0 amide bonds. The Morgan fingerprint density at radius 1 is 1.06 bits per heavy atom. The summed E-state index contributed by atoms with van der Waals surface area (Å²) in [4.78, 5) is 12.0. The maximum absolute atomic E-state index is 12.0. The van der Waals surface area contributed by atoms with Gasteiger partial charge in [-0.05, 0) is 30.5 Å². The van der Waals surface area contributed by atoms with Crippen LogP contribution in [0.2, 0.25) is 0 Å². The van der Waals surface area contributed by atoms with Crippen LogP contribution in [0.4, 0.5) is 0 Å². The van der Waals surface area contributed by atoms with Crippen LogP contribution in [0.15, 0.2) is 48.5 Å². The predicted octanol–water partition coefficient (Wildman–Crippen LogP) is 4.10. The zero-order chi connectivity index (χ0) is 12.5. The summed E-state index contributed by atoms with van der Waals surface area (Å²) in [6, 6.07) is 16.8. The van der Waals surface area contributed by atoms with E-state index in [4.69, 9.17) is 0 Å². The van der Waals surface area contributed by atoms with Crippen molar-refractivity contribution in [3.63, 3.8) is 0 Å². The van der Waals surface area contributed by atoms with Crippen LogP contribution in [0.3, 0.4) is 0 Å². The van der Waals surface area contributed by atoms with Gasteiger partial charge in [0.25, 0.3) is 0 Å². The van der Waals surface area contributed by atoms with Gasteiger partial charge in [-0.1, -0.05) is 48.0 Å². The van der Waals surface area contributed by atoms with Gasteiger partial charge in [-0.15, -0.1) is 0 Å². The molecule has 0 saturated carbocycles. The van der Waals surface area contributed by atoms with Crippen molar-refractivity contribution in [2.45, 2.75) is 25.7 Å². The van der Waals surface area contributed by atoms with Gasteiger partial charge in [-0.25, -0.2) is 0 Å². The molecule has 0 heterocycles. The number of carbonyl (C=O) groups excluding carboxylic acids is 1. The molecule has 2 aromatic rings. The minimum absolute atomic E-state index is 0.292. The number of benzene rings is 2. The minimum Gasteiger partial charge on any atom is -0.294 e. The smallest absolute Gasteiger partial charge is 0.163 e. The fourth-order valence-corrected chi connectivity index (χ4v) is 2.81. The molecule has 1 aliphatic rings. The summed E-state index contributed by atoms with van der Waals surface area (Å²) < 4.78 is 0. The first-order valence-electron chi connectivity index (χ1n) is 6.44. The van der Waals surface area contributed by atoms with Crippen molar-refractivity contribution in [3.8, 4) is 0 Å². The Bertz CT molecular complexity index is 584. The molecule has 1 heteroatoms. The Morgan fingerprint density at radius 3 is 2.61 bits per heavy atom. The van der Waals surface area contributed by atoms with Crippen molar-refractivity contribution in [3.05, 3.63) is 70.8 Å². The van der Waals surface area contributed by atoms with Crippen molar-refractivity contribution in [2.75, 3.05) is 0 Å². The zero-order valence-corrected chi connectivity index (χ0v) is 10.5. The van der Waals surface area contributed by atoms with Crippen molar-refractivity contribution in [1.82, 2.24) is 0 Å². The van der Waals surface area contributed by atoms with Gasteiger partial charge in [0, 0.05) is 17.9 Å². The summed E-state index contributed by atoms with van der Waals surface area (Å²) >= 11 is 0. The van der Waals surface area contributed by atoms with E-state index in [9.17, 15) is 4.79 Å². The highest BCUT2D eigenvalue weighted by Crippen LogP contribution is 2.36. The lowest BCUT2D eigenvalue weighted by molar-refractivity contribution is 0.0969. The van der Waals surface area contributed by atoms with Crippen molar-refractivity contribution >= 4 is 5.78 Å². The molecule has 0 aromatic heterocycles. The SMILES string of the molecule is Cc1ccc2c(c1)C(=O)CC[C@H]2c1ccccc1. The summed E-state index contributed by atoms with van der Waals surface area (Å²) in [7, 11) is 0. The normalized spacial score (nSPS) is 18.5. The van der Waals surface area contributed by atoms with E-state index in [1.807, 2.05) is 19.1 Å². The fraction of sp³-hybridized carbons (Fsp3) is 0.235. The molecular weight excluding hydrogens is 220 g/mol. The number of Topliss-reactive ketones (excluding diaryl/α,β-unsaturated/α-hetero) is 1. The Hall–Kier alpha value is -1.89. The van der Waals surface area contributed by atoms with E-state index in [1.54, 1.807) is 0 Å². The van der Waals surface area contributed by atoms with Gasteiger partial charge in [-0.3, -0.25) is 4.79 Å². The lowest BCUT2D eigenvalue weighted by Gasteiger charge is -2.25. The molecule has 1 aliphatic carbocycles. The molecule has 1 nitrogen and oxygen atoms in total. The molecule has 0 N–H and O–H groups in total. The standard InChI is InChI=1S/C17H16O/c1-12-7-8-15-14(13-5-3-2-4-6-13)9-10-17(18)16(15)11-12/h2-8,11,14H,9-10H2,1H3/t14-/m0/s1. The molecular formula is C17H16O. The van der Waals surface area contributed by atoms with E-state index >= 15 is 0 Å². The largest absolute Gasteiger partial charge is 0.294 e. The molecule has 0 fully saturated rings. The molecule has 0 unspecified atom stereocenters. The van der Waals surface area contributed by atoms with Gasteiger partial charge in [0.15, 0.2) is 5.78 Å². The summed E-state index contributed by atoms with van der Waals surface area (Å²) in [5, 5.41) is 0. The Kier molecular flexibility index (Phi) is 2.75. The van der Waals surface area contributed by atoms with E-state index in [2.05, 4.69) is 36.4 Å². The lowest BCUT2D eigenvalue weighted by atomic mass is 9.78. The number of aryl methyl sites for hydroxylation is 1. The average Bonchev–Trinajstić information content (AvgIpc) is 2.41. The van der Waals surface area contributed by atoms with Crippen LogP contribution in [0.5, 0.6) is 0 Å². The monoisotopic (exact) mass is 236 g/mol. The zero-order valence-electron chi connectivity index (χ0n) is 10.5. The topological polar surface area (TPSA) is 17.1 Å². The summed E-state index contributed by atoms with van der Waals surface area (Å²) in [6.45, 7) is 2.04.